The summed E-state index contributed by atoms with van der Waals surface area (Å²) in [7, 11) is 2.28. The molecule has 3 atom stereocenters. The summed E-state index contributed by atoms with van der Waals surface area (Å²) in [6.45, 7) is 5.80. The standard InChI is InChI=1S/C11H22N2/c1-8(2)12-10-7-9(10)11-5-4-6-13(11)3/h8-12H,4-7H2,1-3H3. The molecule has 0 radical (unpaired) electrons. The van der Waals surface area contributed by atoms with Crippen molar-refractivity contribution in [3.63, 3.8) is 0 Å². The van der Waals surface area contributed by atoms with Gasteiger partial charge < -0.3 is 10.2 Å². The van der Waals surface area contributed by atoms with Gasteiger partial charge in [0.15, 0.2) is 0 Å². The van der Waals surface area contributed by atoms with Gasteiger partial charge in [-0.15, -0.1) is 0 Å². The largest absolute Gasteiger partial charge is 0.311 e. The van der Waals surface area contributed by atoms with Gasteiger partial charge in [-0.2, -0.15) is 0 Å². The zero-order chi connectivity index (χ0) is 9.42. The van der Waals surface area contributed by atoms with Gasteiger partial charge in [-0.25, -0.2) is 0 Å². The second kappa shape index (κ2) is 3.58. The van der Waals surface area contributed by atoms with Crippen molar-refractivity contribution in [2.24, 2.45) is 5.92 Å². The number of rotatable bonds is 3. The Hall–Kier alpha value is -0.0800. The van der Waals surface area contributed by atoms with Crippen LogP contribution in [0.1, 0.15) is 33.1 Å². The molecule has 1 N–H and O–H groups in total. The molecule has 0 spiro atoms. The summed E-state index contributed by atoms with van der Waals surface area (Å²) in [5.74, 6) is 0.954. The summed E-state index contributed by atoms with van der Waals surface area (Å²) in [5.41, 5.74) is 0. The summed E-state index contributed by atoms with van der Waals surface area (Å²) in [6, 6.07) is 2.36. The zero-order valence-electron chi connectivity index (χ0n) is 9.09. The maximum atomic E-state index is 3.64. The third kappa shape index (κ3) is 2.05. The number of nitrogens with one attached hydrogen (secondary N) is 1. The molecular weight excluding hydrogens is 160 g/mol. The van der Waals surface area contributed by atoms with E-state index in [1.165, 1.54) is 25.8 Å². The van der Waals surface area contributed by atoms with E-state index in [0.717, 1.165) is 18.0 Å². The monoisotopic (exact) mass is 182 g/mol. The van der Waals surface area contributed by atoms with Crippen LogP contribution in [0.5, 0.6) is 0 Å². The molecule has 2 rings (SSSR count). The van der Waals surface area contributed by atoms with E-state index < -0.39 is 0 Å². The van der Waals surface area contributed by atoms with Crippen LogP contribution in [0.15, 0.2) is 0 Å². The van der Waals surface area contributed by atoms with Crippen LogP contribution in [0.2, 0.25) is 0 Å². The Morgan fingerprint density at radius 3 is 2.69 bits per heavy atom. The summed E-state index contributed by atoms with van der Waals surface area (Å²) in [6.07, 6.45) is 4.25. The minimum Gasteiger partial charge on any atom is -0.311 e. The second-order valence-electron chi connectivity index (χ2n) is 5.02. The molecule has 2 aliphatic rings. The second-order valence-corrected chi connectivity index (χ2v) is 5.02. The Morgan fingerprint density at radius 2 is 2.15 bits per heavy atom. The number of hydrogen-bond donors (Lipinski definition) is 1. The summed E-state index contributed by atoms with van der Waals surface area (Å²) < 4.78 is 0. The number of nitrogens with zero attached hydrogens (tertiary/aromatic N) is 1. The lowest BCUT2D eigenvalue weighted by atomic mass is 10.1. The van der Waals surface area contributed by atoms with E-state index in [0.29, 0.717) is 6.04 Å². The van der Waals surface area contributed by atoms with Crippen LogP contribution in [0, 0.1) is 5.92 Å². The van der Waals surface area contributed by atoms with Crippen molar-refractivity contribution in [1.29, 1.82) is 0 Å². The predicted octanol–water partition coefficient (Wildman–Crippen LogP) is 1.47. The molecule has 1 saturated carbocycles. The van der Waals surface area contributed by atoms with Gasteiger partial charge in [0, 0.05) is 18.1 Å². The molecule has 0 aromatic carbocycles. The number of hydrogen-bond acceptors (Lipinski definition) is 2. The molecule has 2 nitrogen and oxygen atoms in total. The van der Waals surface area contributed by atoms with Gasteiger partial charge in [0.05, 0.1) is 0 Å². The van der Waals surface area contributed by atoms with E-state index in [9.17, 15) is 0 Å². The van der Waals surface area contributed by atoms with E-state index >= 15 is 0 Å². The molecule has 1 heterocycles. The Bertz CT molecular complexity index is 179. The molecule has 1 saturated heterocycles. The minimum atomic E-state index is 0.654. The first-order chi connectivity index (χ1) is 6.18. The molecule has 0 bridgehead atoms. The predicted molar refractivity (Wildman–Crippen MR) is 55.8 cm³/mol. The van der Waals surface area contributed by atoms with Crippen LogP contribution < -0.4 is 5.32 Å². The summed E-state index contributed by atoms with van der Waals surface area (Å²) >= 11 is 0. The van der Waals surface area contributed by atoms with Gasteiger partial charge in [-0.05, 0) is 38.8 Å². The van der Waals surface area contributed by atoms with Crippen LogP contribution in [-0.4, -0.2) is 36.6 Å². The van der Waals surface area contributed by atoms with E-state index in [-0.39, 0.29) is 0 Å². The fourth-order valence-corrected chi connectivity index (χ4v) is 2.74. The Morgan fingerprint density at radius 1 is 1.38 bits per heavy atom. The zero-order valence-corrected chi connectivity index (χ0v) is 9.09. The van der Waals surface area contributed by atoms with E-state index in [2.05, 4.69) is 31.1 Å². The first-order valence-electron chi connectivity index (χ1n) is 5.65. The smallest absolute Gasteiger partial charge is 0.0136 e. The average Bonchev–Trinajstić information content (AvgIpc) is 2.63. The van der Waals surface area contributed by atoms with Crippen molar-refractivity contribution in [1.82, 2.24) is 10.2 Å². The maximum absolute atomic E-state index is 3.64. The van der Waals surface area contributed by atoms with Crippen LogP contribution in [0.25, 0.3) is 0 Å². The van der Waals surface area contributed by atoms with Crippen LogP contribution in [-0.2, 0) is 0 Å². The topological polar surface area (TPSA) is 15.3 Å². The molecule has 1 aliphatic carbocycles. The van der Waals surface area contributed by atoms with E-state index in [4.69, 9.17) is 0 Å². The van der Waals surface area contributed by atoms with Crippen molar-refractivity contribution < 1.29 is 0 Å². The summed E-state index contributed by atoms with van der Waals surface area (Å²) in [5, 5.41) is 3.64. The first kappa shape index (κ1) is 9.47. The summed E-state index contributed by atoms with van der Waals surface area (Å²) in [4.78, 5) is 2.55. The molecule has 76 valence electrons. The van der Waals surface area contributed by atoms with Crippen molar-refractivity contribution in [3.05, 3.63) is 0 Å². The van der Waals surface area contributed by atoms with E-state index in [1.54, 1.807) is 0 Å². The maximum Gasteiger partial charge on any atom is 0.0136 e. The fourth-order valence-electron chi connectivity index (χ4n) is 2.74. The van der Waals surface area contributed by atoms with E-state index in [1.807, 2.05) is 0 Å². The highest BCUT2D eigenvalue weighted by Gasteiger charge is 2.45. The lowest BCUT2D eigenvalue weighted by Gasteiger charge is -2.20. The Labute approximate surface area is 81.7 Å². The molecule has 0 amide bonds. The quantitative estimate of drug-likeness (QED) is 0.711. The number of likely N-dealkylation sites (tertiary alicyclic amines) is 1. The molecular formula is C11H22N2. The fraction of sp³-hybridized carbons (Fsp3) is 1.00. The third-order valence-corrected chi connectivity index (χ3v) is 3.46. The Kier molecular flexibility index (Phi) is 2.61. The van der Waals surface area contributed by atoms with Crippen LogP contribution in [0.3, 0.4) is 0 Å². The van der Waals surface area contributed by atoms with Crippen molar-refractivity contribution >= 4 is 0 Å². The molecule has 0 aromatic heterocycles. The molecule has 3 unspecified atom stereocenters. The highest BCUT2D eigenvalue weighted by Crippen LogP contribution is 2.40. The van der Waals surface area contributed by atoms with Gasteiger partial charge in [0.25, 0.3) is 0 Å². The van der Waals surface area contributed by atoms with Crippen molar-refractivity contribution in [2.45, 2.75) is 51.2 Å². The van der Waals surface area contributed by atoms with Crippen molar-refractivity contribution in [2.75, 3.05) is 13.6 Å². The Balaban J connectivity index is 1.78. The SMILES string of the molecule is CC(C)NC1CC1C1CCCN1C. The lowest BCUT2D eigenvalue weighted by Crippen LogP contribution is -2.33. The minimum absolute atomic E-state index is 0.654. The molecule has 2 fully saturated rings. The lowest BCUT2D eigenvalue weighted by molar-refractivity contribution is 0.275. The van der Waals surface area contributed by atoms with Gasteiger partial charge in [-0.1, -0.05) is 13.8 Å². The molecule has 1 aliphatic heterocycles. The van der Waals surface area contributed by atoms with Gasteiger partial charge in [-0.3, -0.25) is 0 Å². The van der Waals surface area contributed by atoms with Gasteiger partial charge in [0.2, 0.25) is 0 Å². The van der Waals surface area contributed by atoms with Gasteiger partial charge in [0.1, 0.15) is 0 Å². The molecule has 2 heteroatoms. The highest BCUT2D eigenvalue weighted by atomic mass is 15.2. The normalized spacial score (nSPS) is 40.2. The average molecular weight is 182 g/mol. The van der Waals surface area contributed by atoms with Gasteiger partial charge >= 0.3 is 0 Å². The molecule has 0 aromatic rings. The first-order valence-corrected chi connectivity index (χ1v) is 5.65. The van der Waals surface area contributed by atoms with Crippen molar-refractivity contribution in [3.8, 4) is 0 Å². The van der Waals surface area contributed by atoms with Crippen LogP contribution >= 0.6 is 0 Å². The highest BCUT2D eigenvalue weighted by molar-refractivity contribution is 5.02. The molecule has 13 heavy (non-hydrogen) atoms. The van der Waals surface area contributed by atoms with Crippen LogP contribution in [0.4, 0.5) is 0 Å². The third-order valence-electron chi connectivity index (χ3n) is 3.46.